The lowest BCUT2D eigenvalue weighted by Crippen LogP contribution is -2.08. The molecule has 1 aromatic carbocycles. The van der Waals surface area contributed by atoms with Gasteiger partial charge in [-0.05, 0) is 44.5 Å². The van der Waals surface area contributed by atoms with Crippen molar-refractivity contribution in [2.45, 2.75) is 27.2 Å². The number of nitrogens with zero attached hydrogens (tertiary/aromatic N) is 3. The van der Waals surface area contributed by atoms with Gasteiger partial charge in [0.25, 0.3) is 0 Å². The molecular formula is C15H19N3O3. The van der Waals surface area contributed by atoms with Gasteiger partial charge in [-0.15, -0.1) is 5.10 Å². The third-order valence-electron chi connectivity index (χ3n) is 2.92. The van der Waals surface area contributed by atoms with Gasteiger partial charge in [-0.1, -0.05) is 12.1 Å². The van der Waals surface area contributed by atoms with Gasteiger partial charge in [0.05, 0.1) is 24.6 Å². The summed E-state index contributed by atoms with van der Waals surface area (Å²) in [7, 11) is 0. The molecule has 0 bridgehead atoms. The van der Waals surface area contributed by atoms with Gasteiger partial charge in [0.15, 0.2) is 5.69 Å². The van der Waals surface area contributed by atoms with Crippen LogP contribution in [-0.2, 0) is 4.74 Å². The van der Waals surface area contributed by atoms with Gasteiger partial charge in [-0.25, -0.2) is 9.48 Å². The van der Waals surface area contributed by atoms with Crippen LogP contribution in [0.15, 0.2) is 24.3 Å². The minimum atomic E-state index is -0.438. The van der Waals surface area contributed by atoms with Crippen LogP contribution < -0.4 is 4.74 Å². The number of hydrogen-bond acceptors (Lipinski definition) is 5. The summed E-state index contributed by atoms with van der Waals surface area (Å²) >= 11 is 0. The van der Waals surface area contributed by atoms with E-state index in [4.69, 9.17) is 9.47 Å². The number of rotatable bonds is 6. The molecule has 6 nitrogen and oxygen atoms in total. The van der Waals surface area contributed by atoms with Crippen LogP contribution in [0, 0.1) is 6.92 Å². The molecule has 0 N–H and O–H groups in total. The number of ether oxygens (including phenoxy) is 2. The number of esters is 1. The molecule has 0 unspecified atom stereocenters. The number of benzene rings is 1. The fourth-order valence-corrected chi connectivity index (χ4v) is 1.88. The van der Waals surface area contributed by atoms with Crippen LogP contribution >= 0.6 is 0 Å². The second-order valence-electron chi connectivity index (χ2n) is 4.50. The normalized spacial score (nSPS) is 10.4. The second-order valence-corrected chi connectivity index (χ2v) is 4.50. The molecule has 2 aromatic rings. The minimum absolute atomic E-state index is 0.248. The van der Waals surface area contributed by atoms with Crippen LogP contribution in [0.4, 0.5) is 0 Å². The quantitative estimate of drug-likeness (QED) is 0.764. The molecule has 1 aromatic heterocycles. The summed E-state index contributed by atoms with van der Waals surface area (Å²) in [5.74, 6) is 0.355. The lowest BCUT2D eigenvalue weighted by molar-refractivity contribution is 0.0497. The number of carbonyl (C=O) groups excluding carboxylic acids is 1. The largest absolute Gasteiger partial charge is 0.494 e. The highest BCUT2D eigenvalue weighted by Gasteiger charge is 2.18. The van der Waals surface area contributed by atoms with E-state index in [1.165, 1.54) is 0 Å². The maximum atomic E-state index is 11.9. The molecule has 1 heterocycles. The van der Waals surface area contributed by atoms with Crippen molar-refractivity contribution in [1.82, 2.24) is 15.0 Å². The van der Waals surface area contributed by atoms with Gasteiger partial charge in [0.1, 0.15) is 5.75 Å². The van der Waals surface area contributed by atoms with Crippen LogP contribution in [0.5, 0.6) is 5.75 Å². The zero-order valence-corrected chi connectivity index (χ0v) is 12.5. The molecule has 0 saturated heterocycles. The molecule has 0 saturated carbocycles. The average molecular weight is 289 g/mol. The Morgan fingerprint density at radius 2 is 1.95 bits per heavy atom. The summed E-state index contributed by atoms with van der Waals surface area (Å²) in [6, 6.07) is 7.45. The Hall–Kier alpha value is -2.37. The van der Waals surface area contributed by atoms with Crippen molar-refractivity contribution in [3.05, 3.63) is 35.7 Å². The second kappa shape index (κ2) is 6.88. The fourth-order valence-electron chi connectivity index (χ4n) is 1.88. The highest BCUT2D eigenvalue weighted by molar-refractivity contribution is 5.88. The average Bonchev–Trinajstić information content (AvgIpc) is 2.88. The first-order valence-corrected chi connectivity index (χ1v) is 7.00. The highest BCUT2D eigenvalue weighted by atomic mass is 16.5. The summed E-state index contributed by atoms with van der Waals surface area (Å²) in [6.07, 6.45) is 0.776. The zero-order valence-electron chi connectivity index (χ0n) is 12.5. The molecule has 0 aliphatic heterocycles. The van der Waals surface area contributed by atoms with E-state index in [1.54, 1.807) is 11.6 Å². The van der Waals surface area contributed by atoms with E-state index in [0.29, 0.717) is 18.9 Å². The Labute approximate surface area is 123 Å². The fraction of sp³-hybridized carbons (Fsp3) is 0.400. The third kappa shape index (κ3) is 3.39. The summed E-state index contributed by atoms with van der Waals surface area (Å²) in [5.41, 5.74) is 1.72. The first-order valence-electron chi connectivity index (χ1n) is 7.00. The smallest absolute Gasteiger partial charge is 0.360 e. The van der Waals surface area contributed by atoms with E-state index in [2.05, 4.69) is 10.3 Å². The van der Waals surface area contributed by atoms with Gasteiger partial charge in [0.2, 0.25) is 0 Å². The topological polar surface area (TPSA) is 66.2 Å². The Morgan fingerprint density at radius 3 is 2.57 bits per heavy atom. The predicted octanol–water partition coefficient (Wildman–Crippen LogP) is 2.54. The van der Waals surface area contributed by atoms with Crippen LogP contribution in [0.25, 0.3) is 5.69 Å². The SMILES string of the molecule is CCCOC(=O)c1nnn(-c2ccc(OCC)cc2)c1C. The molecule has 0 spiro atoms. The summed E-state index contributed by atoms with van der Waals surface area (Å²) in [6.45, 7) is 6.67. The van der Waals surface area contributed by atoms with Crippen molar-refractivity contribution in [3.8, 4) is 11.4 Å². The van der Waals surface area contributed by atoms with Gasteiger partial charge in [-0.2, -0.15) is 0 Å². The lowest BCUT2D eigenvalue weighted by atomic mass is 10.3. The molecule has 21 heavy (non-hydrogen) atoms. The monoisotopic (exact) mass is 289 g/mol. The zero-order chi connectivity index (χ0) is 15.2. The van der Waals surface area contributed by atoms with Crippen molar-refractivity contribution in [3.63, 3.8) is 0 Å². The van der Waals surface area contributed by atoms with Crippen molar-refractivity contribution >= 4 is 5.97 Å². The van der Waals surface area contributed by atoms with Crippen LogP contribution in [0.3, 0.4) is 0 Å². The molecular weight excluding hydrogens is 270 g/mol. The number of aromatic nitrogens is 3. The maximum absolute atomic E-state index is 11.9. The third-order valence-corrected chi connectivity index (χ3v) is 2.92. The first-order chi connectivity index (χ1) is 10.2. The minimum Gasteiger partial charge on any atom is -0.494 e. The first kappa shape index (κ1) is 15.0. The van der Waals surface area contributed by atoms with Crippen LogP contribution in [0.1, 0.15) is 36.5 Å². The summed E-state index contributed by atoms with van der Waals surface area (Å²) in [5, 5.41) is 7.93. The molecule has 0 aliphatic rings. The molecule has 112 valence electrons. The standard InChI is InChI=1S/C15H19N3O3/c1-4-10-21-15(19)14-11(3)18(17-16-14)12-6-8-13(9-7-12)20-5-2/h6-9H,4-5,10H2,1-3H3. The molecule has 2 rings (SSSR count). The van der Waals surface area contributed by atoms with Crippen LogP contribution in [0.2, 0.25) is 0 Å². The van der Waals surface area contributed by atoms with Crippen molar-refractivity contribution in [1.29, 1.82) is 0 Å². The predicted molar refractivity (Wildman–Crippen MR) is 77.8 cm³/mol. The van der Waals surface area contributed by atoms with Crippen LogP contribution in [-0.4, -0.2) is 34.2 Å². The van der Waals surface area contributed by atoms with E-state index < -0.39 is 5.97 Å². The molecule has 0 radical (unpaired) electrons. The van der Waals surface area contributed by atoms with E-state index in [-0.39, 0.29) is 5.69 Å². The van der Waals surface area contributed by atoms with Gasteiger partial charge in [0, 0.05) is 0 Å². The van der Waals surface area contributed by atoms with Gasteiger partial charge >= 0.3 is 5.97 Å². The van der Waals surface area contributed by atoms with E-state index in [0.717, 1.165) is 17.9 Å². The molecule has 0 amide bonds. The number of hydrogen-bond donors (Lipinski definition) is 0. The molecule has 0 aliphatic carbocycles. The summed E-state index contributed by atoms with van der Waals surface area (Å²) in [4.78, 5) is 11.9. The number of carbonyl (C=O) groups is 1. The summed E-state index contributed by atoms with van der Waals surface area (Å²) < 4.78 is 12.1. The molecule has 0 fully saturated rings. The van der Waals surface area contributed by atoms with Gasteiger partial charge in [-0.3, -0.25) is 0 Å². The van der Waals surface area contributed by atoms with Crippen molar-refractivity contribution in [2.75, 3.05) is 13.2 Å². The molecule has 6 heteroatoms. The lowest BCUT2D eigenvalue weighted by Gasteiger charge is -2.06. The van der Waals surface area contributed by atoms with E-state index in [9.17, 15) is 4.79 Å². The Balaban J connectivity index is 2.21. The highest BCUT2D eigenvalue weighted by Crippen LogP contribution is 2.17. The van der Waals surface area contributed by atoms with E-state index in [1.807, 2.05) is 38.1 Å². The Kier molecular flexibility index (Phi) is 4.92. The van der Waals surface area contributed by atoms with E-state index >= 15 is 0 Å². The van der Waals surface area contributed by atoms with Gasteiger partial charge < -0.3 is 9.47 Å². The maximum Gasteiger partial charge on any atom is 0.360 e. The Bertz CT molecular complexity index is 605. The van der Waals surface area contributed by atoms with Crippen molar-refractivity contribution in [2.24, 2.45) is 0 Å². The van der Waals surface area contributed by atoms with Crippen molar-refractivity contribution < 1.29 is 14.3 Å². The molecule has 0 atom stereocenters. The Morgan fingerprint density at radius 1 is 1.24 bits per heavy atom.